The summed E-state index contributed by atoms with van der Waals surface area (Å²) in [7, 11) is 1.60. The van der Waals surface area contributed by atoms with Crippen molar-refractivity contribution in [2.24, 2.45) is 5.92 Å². The Morgan fingerprint density at radius 2 is 1.79 bits per heavy atom. The van der Waals surface area contributed by atoms with Gasteiger partial charge in [-0.2, -0.15) is 0 Å². The molecule has 0 bridgehead atoms. The Bertz CT molecular complexity index is 847. The summed E-state index contributed by atoms with van der Waals surface area (Å²) in [6, 6.07) is 10.4. The molecule has 1 N–H and O–H groups in total. The lowest BCUT2D eigenvalue weighted by Crippen LogP contribution is -2.43. The number of carbonyl (C=O) groups is 2. The van der Waals surface area contributed by atoms with Crippen LogP contribution in [0.5, 0.6) is 5.75 Å². The van der Waals surface area contributed by atoms with Gasteiger partial charge in [0.15, 0.2) is 0 Å². The zero-order chi connectivity index (χ0) is 20.1. The minimum Gasteiger partial charge on any atom is -0.497 e. The summed E-state index contributed by atoms with van der Waals surface area (Å²) in [5, 5.41) is 2.91. The van der Waals surface area contributed by atoms with Crippen LogP contribution < -0.4 is 10.1 Å². The van der Waals surface area contributed by atoms with Gasteiger partial charge in [0.2, 0.25) is 5.91 Å². The molecule has 0 radical (unpaired) electrons. The average Bonchev–Trinajstić information content (AvgIpc) is 2.72. The fraction of sp³-hybridized carbons (Fsp3) is 0.333. The molecule has 1 fully saturated rings. The largest absolute Gasteiger partial charge is 0.497 e. The van der Waals surface area contributed by atoms with E-state index in [4.69, 9.17) is 4.74 Å². The zero-order valence-electron chi connectivity index (χ0n) is 15.6. The number of rotatable bonds is 5. The molecule has 28 heavy (non-hydrogen) atoms. The first-order chi connectivity index (χ1) is 13.5. The van der Waals surface area contributed by atoms with Crippen LogP contribution in [-0.4, -0.2) is 36.9 Å². The van der Waals surface area contributed by atoms with E-state index in [1.165, 1.54) is 4.90 Å². The number of nitrogens with one attached hydrogen (secondary N) is 1. The number of nitrogens with zero attached hydrogens (tertiary/aromatic N) is 1. The molecule has 1 aliphatic rings. The van der Waals surface area contributed by atoms with E-state index in [1.807, 2.05) is 24.3 Å². The molecule has 2 amide bonds. The molecule has 1 heterocycles. The fourth-order valence-corrected chi connectivity index (χ4v) is 3.25. The summed E-state index contributed by atoms with van der Waals surface area (Å²) >= 11 is 0. The van der Waals surface area contributed by atoms with Crippen molar-refractivity contribution in [3.8, 4) is 5.75 Å². The Morgan fingerprint density at radius 1 is 1.11 bits per heavy atom. The van der Waals surface area contributed by atoms with Crippen molar-refractivity contribution in [3.63, 3.8) is 0 Å². The molecule has 5 nitrogen and oxygen atoms in total. The molecule has 0 saturated carbocycles. The Kier molecular flexibility index (Phi) is 6.23. The molecule has 3 rings (SSSR count). The van der Waals surface area contributed by atoms with Gasteiger partial charge in [0.05, 0.1) is 12.7 Å². The monoisotopic (exact) mass is 388 g/mol. The summed E-state index contributed by atoms with van der Waals surface area (Å²) < 4.78 is 31.9. The first-order valence-corrected chi connectivity index (χ1v) is 9.13. The van der Waals surface area contributed by atoms with Gasteiger partial charge in [-0.15, -0.1) is 0 Å². The standard InChI is InChI=1S/C21H22F2N2O3/c1-28-17-5-2-14(3-6-17)13-24-20(26)15-8-10-25(11-9-15)21(27)18-7-4-16(22)12-19(18)23/h2-7,12,15H,8-11,13H2,1H3,(H,24,26). The van der Waals surface area contributed by atoms with Gasteiger partial charge in [0.1, 0.15) is 17.4 Å². The predicted molar refractivity (Wildman–Crippen MR) is 99.8 cm³/mol. The van der Waals surface area contributed by atoms with Crippen molar-refractivity contribution in [2.45, 2.75) is 19.4 Å². The molecule has 0 spiro atoms. The minimum atomic E-state index is -0.871. The molecule has 148 valence electrons. The normalized spacial score (nSPS) is 14.6. The molecule has 7 heteroatoms. The van der Waals surface area contributed by atoms with Crippen LogP contribution >= 0.6 is 0 Å². The van der Waals surface area contributed by atoms with Gasteiger partial charge in [-0.05, 0) is 42.7 Å². The van der Waals surface area contributed by atoms with Crippen LogP contribution in [0.2, 0.25) is 0 Å². The van der Waals surface area contributed by atoms with Crippen molar-refractivity contribution in [1.29, 1.82) is 0 Å². The maximum Gasteiger partial charge on any atom is 0.256 e. The van der Waals surface area contributed by atoms with E-state index >= 15 is 0 Å². The van der Waals surface area contributed by atoms with E-state index in [0.717, 1.165) is 23.4 Å². The average molecular weight is 388 g/mol. The molecule has 2 aromatic rings. The van der Waals surface area contributed by atoms with Gasteiger partial charge in [-0.25, -0.2) is 8.78 Å². The van der Waals surface area contributed by atoms with Crippen LogP contribution in [0, 0.1) is 17.6 Å². The number of benzene rings is 2. The van der Waals surface area contributed by atoms with Crippen LogP contribution in [0.1, 0.15) is 28.8 Å². The number of halogens is 2. The zero-order valence-corrected chi connectivity index (χ0v) is 15.6. The van der Waals surface area contributed by atoms with Crippen LogP contribution in [0.3, 0.4) is 0 Å². The number of hydrogen-bond donors (Lipinski definition) is 1. The third-order valence-corrected chi connectivity index (χ3v) is 4.94. The quantitative estimate of drug-likeness (QED) is 0.856. The van der Waals surface area contributed by atoms with E-state index in [9.17, 15) is 18.4 Å². The number of piperidine rings is 1. The fourth-order valence-electron chi connectivity index (χ4n) is 3.25. The summed E-state index contributed by atoms with van der Waals surface area (Å²) in [5.74, 6) is -1.57. The van der Waals surface area contributed by atoms with Crippen LogP contribution in [0.4, 0.5) is 8.78 Å². The summed E-state index contributed by atoms with van der Waals surface area (Å²) in [6.07, 6.45) is 1.01. The van der Waals surface area contributed by atoms with E-state index in [0.29, 0.717) is 38.5 Å². The molecule has 0 atom stereocenters. The maximum absolute atomic E-state index is 13.8. The Balaban J connectivity index is 1.50. The summed E-state index contributed by atoms with van der Waals surface area (Å²) in [5.41, 5.74) is 0.817. The SMILES string of the molecule is COc1ccc(CNC(=O)C2CCN(C(=O)c3ccc(F)cc3F)CC2)cc1. The number of carbonyl (C=O) groups excluding carboxylic acids is 2. The topological polar surface area (TPSA) is 58.6 Å². The number of likely N-dealkylation sites (tertiary alicyclic amines) is 1. The van der Waals surface area contributed by atoms with Crippen LogP contribution in [-0.2, 0) is 11.3 Å². The molecular weight excluding hydrogens is 366 g/mol. The molecule has 0 unspecified atom stereocenters. The van der Waals surface area contributed by atoms with Crippen molar-refractivity contribution in [1.82, 2.24) is 10.2 Å². The number of methoxy groups -OCH3 is 1. The lowest BCUT2D eigenvalue weighted by Gasteiger charge is -2.31. The second kappa shape index (κ2) is 8.82. The van der Waals surface area contributed by atoms with E-state index in [2.05, 4.69) is 5.32 Å². The Morgan fingerprint density at radius 3 is 2.39 bits per heavy atom. The third-order valence-electron chi connectivity index (χ3n) is 4.94. The lowest BCUT2D eigenvalue weighted by molar-refractivity contribution is -0.126. The molecule has 1 aliphatic heterocycles. The highest BCUT2D eigenvalue weighted by Gasteiger charge is 2.28. The molecule has 0 aliphatic carbocycles. The highest BCUT2D eigenvalue weighted by atomic mass is 19.1. The summed E-state index contributed by atoms with van der Waals surface area (Å²) in [4.78, 5) is 26.3. The van der Waals surface area contributed by atoms with Gasteiger partial charge in [-0.3, -0.25) is 9.59 Å². The third kappa shape index (κ3) is 4.65. The van der Waals surface area contributed by atoms with Crippen molar-refractivity contribution in [2.75, 3.05) is 20.2 Å². The highest BCUT2D eigenvalue weighted by molar-refractivity contribution is 5.94. The van der Waals surface area contributed by atoms with Crippen molar-refractivity contribution >= 4 is 11.8 Å². The summed E-state index contributed by atoms with van der Waals surface area (Å²) in [6.45, 7) is 1.13. The smallest absolute Gasteiger partial charge is 0.256 e. The first-order valence-electron chi connectivity index (χ1n) is 9.13. The van der Waals surface area contributed by atoms with Gasteiger partial charge in [-0.1, -0.05) is 12.1 Å². The van der Waals surface area contributed by atoms with Gasteiger partial charge >= 0.3 is 0 Å². The lowest BCUT2D eigenvalue weighted by atomic mass is 9.95. The van der Waals surface area contributed by atoms with E-state index < -0.39 is 17.5 Å². The first kappa shape index (κ1) is 19.8. The minimum absolute atomic E-state index is 0.0594. The number of amides is 2. The second-order valence-corrected chi connectivity index (χ2v) is 6.76. The number of ether oxygens (including phenoxy) is 1. The second-order valence-electron chi connectivity index (χ2n) is 6.76. The van der Waals surface area contributed by atoms with Crippen LogP contribution in [0.25, 0.3) is 0 Å². The van der Waals surface area contributed by atoms with Gasteiger partial charge in [0, 0.05) is 31.6 Å². The molecule has 0 aromatic heterocycles. The Labute approximate surface area is 162 Å². The van der Waals surface area contributed by atoms with Crippen LogP contribution in [0.15, 0.2) is 42.5 Å². The maximum atomic E-state index is 13.8. The number of hydrogen-bond acceptors (Lipinski definition) is 3. The van der Waals surface area contributed by atoms with Gasteiger partial charge < -0.3 is 15.0 Å². The van der Waals surface area contributed by atoms with Crippen molar-refractivity contribution in [3.05, 3.63) is 65.2 Å². The Hall–Kier alpha value is -2.96. The molecular formula is C21H22F2N2O3. The highest BCUT2D eigenvalue weighted by Crippen LogP contribution is 2.21. The van der Waals surface area contributed by atoms with Crippen molar-refractivity contribution < 1.29 is 23.1 Å². The predicted octanol–water partition coefficient (Wildman–Crippen LogP) is 3.14. The van der Waals surface area contributed by atoms with Gasteiger partial charge in [0.25, 0.3) is 5.91 Å². The van der Waals surface area contributed by atoms with E-state index in [1.54, 1.807) is 7.11 Å². The van der Waals surface area contributed by atoms with E-state index in [-0.39, 0.29) is 17.4 Å². The molecule has 1 saturated heterocycles. The molecule has 2 aromatic carbocycles.